The van der Waals surface area contributed by atoms with E-state index in [1.807, 2.05) is 20.9 Å². The molecule has 3 heteroatoms. The van der Waals surface area contributed by atoms with Gasteiger partial charge in [0.1, 0.15) is 5.54 Å². The number of nitrogens with zero attached hydrogens (tertiary/aromatic N) is 2. The topological polar surface area (TPSA) is 39.1 Å². The number of nitriles is 1. The fraction of sp³-hybridized carbons (Fsp3) is 0.500. The van der Waals surface area contributed by atoms with Gasteiger partial charge in [0.15, 0.2) is 0 Å². The second-order valence-corrected chi connectivity index (χ2v) is 4.67. The Bertz CT molecular complexity index is 391. The van der Waals surface area contributed by atoms with Crippen molar-refractivity contribution < 1.29 is 0 Å². The molecule has 0 heterocycles. The van der Waals surface area contributed by atoms with Crippen LogP contribution in [0.2, 0.25) is 0 Å². The third-order valence-electron chi connectivity index (χ3n) is 2.84. The SMILES string of the molecule is CCNC(C)(C#N)CN(C)c1ccc(C)cc1. The molecular formula is C14H21N3. The summed E-state index contributed by atoms with van der Waals surface area (Å²) in [5.41, 5.74) is 1.88. The van der Waals surface area contributed by atoms with Crippen LogP contribution in [0.1, 0.15) is 19.4 Å². The van der Waals surface area contributed by atoms with Crippen LogP contribution in [-0.4, -0.2) is 25.7 Å². The predicted octanol–water partition coefficient (Wildman–Crippen LogP) is 2.32. The molecule has 1 rings (SSSR count). The second-order valence-electron chi connectivity index (χ2n) is 4.67. The average molecular weight is 231 g/mol. The molecule has 0 saturated carbocycles. The van der Waals surface area contributed by atoms with Gasteiger partial charge < -0.3 is 4.90 Å². The monoisotopic (exact) mass is 231 g/mol. The summed E-state index contributed by atoms with van der Waals surface area (Å²) in [5.74, 6) is 0. The quantitative estimate of drug-likeness (QED) is 0.845. The summed E-state index contributed by atoms with van der Waals surface area (Å²) in [5, 5.41) is 12.4. The number of hydrogen-bond donors (Lipinski definition) is 1. The van der Waals surface area contributed by atoms with E-state index in [0.29, 0.717) is 6.54 Å². The van der Waals surface area contributed by atoms with Crippen molar-refractivity contribution in [1.29, 1.82) is 5.26 Å². The standard InChI is InChI=1S/C14H21N3/c1-5-16-14(3,10-15)11-17(4)13-8-6-12(2)7-9-13/h6-9,16H,5,11H2,1-4H3. The maximum atomic E-state index is 9.22. The van der Waals surface area contributed by atoms with Gasteiger partial charge in [-0.3, -0.25) is 5.32 Å². The van der Waals surface area contributed by atoms with Crippen molar-refractivity contribution in [3.63, 3.8) is 0 Å². The smallest absolute Gasteiger partial charge is 0.121 e. The Balaban J connectivity index is 2.74. The van der Waals surface area contributed by atoms with E-state index in [9.17, 15) is 5.26 Å². The Hall–Kier alpha value is -1.53. The Labute approximate surface area is 104 Å². The Morgan fingerprint density at radius 3 is 2.41 bits per heavy atom. The summed E-state index contributed by atoms with van der Waals surface area (Å²) in [6.45, 7) is 7.48. The summed E-state index contributed by atoms with van der Waals surface area (Å²) in [7, 11) is 2.01. The van der Waals surface area contributed by atoms with Crippen LogP contribution < -0.4 is 10.2 Å². The largest absolute Gasteiger partial charge is 0.372 e. The molecule has 0 bridgehead atoms. The fourth-order valence-electron chi connectivity index (χ4n) is 1.89. The predicted molar refractivity (Wildman–Crippen MR) is 72.1 cm³/mol. The molecule has 3 nitrogen and oxygen atoms in total. The van der Waals surface area contributed by atoms with Crippen molar-refractivity contribution in [2.24, 2.45) is 0 Å². The van der Waals surface area contributed by atoms with Crippen LogP contribution in [0.4, 0.5) is 5.69 Å². The van der Waals surface area contributed by atoms with E-state index in [-0.39, 0.29) is 0 Å². The van der Waals surface area contributed by atoms with Crippen molar-refractivity contribution >= 4 is 5.69 Å². The molecule has 1 aromatic carbocycles. The lowest BCUT2D eigenvalue weighted by molar-refractivity contribution is 0.462. The highest BCUT2D eigenvalue weighted by Gasteiger charge is 2.24. The number of likely N-dealkylation sites (N-methyl/N-ethyl adjacent to an activating group) is 2. The molecule has 0 fully saturated rings. The molecule has 1 unspecified atom stereocenters. The van der Waals surface area contributed by atoms with E-state index in [4.69, 9.17) is 0 Å². The molecule has 1 N–H and O–H groups in total. The number of hydrogen-bond acceptors (Lipinski definition) is 3. The summed E-state index contributed by atoms with van der Waals surface area (Å²) in [6.07, 6.45) is 0. The van der Waals surface area contributed by atoms with Gasteiger partial charge in [0.2, 0.25) is 0 Å². The van der Waals surface area contributed by atoms with E-state index < -0.39 is 5.54 Å². The zero-order valence-electron chi connectivity index (χ0n) is 11.1. The molecule has 0 radical (unpaired) electrons. The number of aryl methyl sites for hydroxylation is 1. The Kier molecular flexibility index (Phi) is 4.53. The van der Waals surface area contributed by atoms with Gasteiger partial charge in [0, 0.05) is 19.3 Å². The summed E-state index contributed by atoms with van der Waals surface area (Å²) >= 11 is 0. The normalized spacial score (nSPS) is 13.8. The molecule has 0 aliphatic rings. The molecule has 0 spiro atoms. The van der Waals surface area contributed by atoms with E-state index in [2.05, 4.69) is 47.5 Å². The van der Waals surface area contributed by atoms with Gasteiger partial charge in [-0.15, -0.1) is 0 Å². The Morgan fingerprint density at radius 1 is 1.35 bits per heavy atom. The van der Waals surface area contributed by atoms with E-state index >= 15 is 0 Å². The number of anilines is 1. The lowest BCUT2D eigenvalue weighted by Crippen LogP contribution is -2.49. The molecular weight excluding hydrogens is 210 g/mol. The highest BCUT2D eigenvalue weighted by atomic mass is 15.1. The first-order valence-corrected chi connectivity index (χ1v) is 5.95. The van der Waals surface area contributed by atoms with Gasteiger partial charge in [-0.05, 0) is 32.5 Å². The van der Waals surface area contributed by atoms with Gasteiger partial charge >= 0.3 is 0 Å². The zero-order chi connectivity index (χ0) is 12.9. The van der Waals surface area contributed by atoms with E-state index in [0.717, 1.165) is 12.2 Å². The minimum Gasteiger partial charge on any atom is -0.372 e. The molecule has 92 valence electrons. The second kappa shape index (κ2) is 5.70. The molecule has 0 aliphatic heterocycles. The maximum Gasteiger partial charge on any atom is 0.121 e. The zero-order valence-corrected chi connectivity index (χ0v) is 11.1. The summed E-state index contributed by atoms with van der Waals surface area (Å²) in [4.78, 5) is 2.10. The Morgan fingerprint density at radius 2 is 1.94 bits per heavy atom. The molecule has 0 amide bonds. The fourth-order valence-corrected chi connectivity index (χ4v) is 1.89. The lowest BCUT2D eigenvalue weighted by Gasteiger charge is -2.30. The van der Waals surface area contributed by atoms with Crippen molar-refractivity contribution in [3.8, 4) is 6.07 Å². The van der Waals surface area contributed by atoms with Crippen LogP contribution in [0.3, 0.4) is 0 Å². The van der Waals surface area contributed by atoms with Gasteiger partial charge in [-0.25, -0.2) is 0 Å². The van der Waals surface area contributed by atoms with Gasteiger partial charge in [0.25, 0.3) is 0 Å². The molecule has 0 saturated heterocycles. The van der Waals surface area contributed by atoms with Crippen molar-refractivity contribution in [2.45, 2.75) is 26.3 Å². The first kappa shape index (κ1) is 13.5. The third kappa shape index (κ3) is 3.76. The van der Waals surface area contributed by atoms with Crippen LogP contribution in [0.25, 0.3) is 0 Å². The van der Waals surface area contributed by atoms with Crippen molar-refractivity contribution in [2.75, 3.05) is 25.0 Å². The van der Waals surface area contributed by atoms with Crippen LogP contribution in [-0.2, 0) is 0 Å². The van der Waals surface area contributed by atoms with Crippen LogP contribution in [0.15, 0.2) is 24.3 Å². The van der Waals surface area contributed by atoms with Crippen molar-refractivity contribution in [3.05, 3.63) is 29.8 Å². The first-order chi connectivity index (χ1) is 8.00. The lowest BCUT2D eigenvalue weighted by atomic mass is 10.0. The van der Waals surface area contributed by atoms with E-state index in [1.165, 1.54) is 5.56 Å². The molecule has 17 heavy (non-hydrogen) atoms. The van der Waals surface area contributed by atoms with Gasteiger partial charge in [-0.1, -0.05) is 24.6 Å². The minimum absolute atomic E-state index is 0.506. The van der Waals surface area contributed by atoms with Crippen LogP contribution in [0.5, 0.6) is 0 Å². The highest BCUT2D eigenvalue weighted by molar-refractivity contribution is 5.47. The maximum absolute atomic E-state index is 9.22. The van der Waals surface area contributed by atoms with Crippen molar-refractivity contribution in [1.82, 2.24) is 5.32 Å². The van der Waals surface area contributed by atoms with Crippen LogP contribution >= 0.6 is 0 Å². The number of rotatable bonds is 5. The van der Waals surface area contributed by atoms with Gasteiger partial charge in [0.05, 0.1) is 6.07 Å². The molecule has 1 aromatic rings. The van der Waals surface area contributed by atoms with E-state index in [1.54, 1.807) is 0 Å². The third-order valence-corrected chi connectivity index (χ3v) is 2.84. The summed E-state index contributed by atoms with van der Waals surface area (Å²) in [6, 6.07) is 10.7. The molecule has 1 atom stereocenters. The number of benzene rings is 1. The van der Waals surface area contributed by atoms with Crippen LogP contribution in [0, 0.1) is 18.3 Å². The summed E-state index contributed by atoms with van der Waals surface area (Å²) < 4.78 is 0. The number of nitrogens with one attached hydrogen (secondary N) is 1. The average Bonchev–Trinajstić information content (AvgIpc) is 2.30. The minimum atomic E-state index is -0.506. The van der Waals surface area contributed by atoms with Gasteiger partial charge in [-0.2, -0.15) is 5.26 Å². The molecule has 0 aromatic heterocycles. The highest BCUT2D eigenvalue weighted by Crippen LogP contribution is 2.16. The first-order valence-electron chi connectivity index (χ1n) is 5.95. The molecule has 0 aliphatic carbocycles.